The number of allylic oxidation sites excluding steroid dienone is 1. The number of Topliss-reactive ketones (excluding diaryl/α,β-unsaturated/α-hetero) is 1. The van der Waals surface area contributed by atoms with Gasteiger partial charge in [0.15, 0.2) is 5.78 Å². The lowest BCUT2D eigenvalue weighted by Gasteiger charge is -2.24. The maximum Gasteiger partial charge on any atom is 0.160 e. The molecule has 0 amide bonds. The van der Waals surface area contributed by atoms with Gasteiger partial charge in [-0.25, -0.2) is 0 Å². The van der Waals surface area contributed by atoms with Gasteiger partial charge in [0, 0.05) is 6.42 Å². The summed E-state index contributed by atoms with van der Waals surface area (Å²) in [4.78, 5) is 12.0. The maximum absolute atomic E-state index is 12.0. The smallest absolute Gasteiger partial charge is 0.160 e. The predicted octanol–water partition coefficient (Wildman–Crippen LogP) is 2.79. The highest BCUT2D eigenvalue weighted by molar-refractivity contribution is 5.90. The molecule has 1 rings (SSSR count). The highest BCUT2D eigenvalue weighted by Gasteiger charge is 2.29. The highest BCUT2D eigenvalue weighted by Crippen LogP contribution is 2.22. The Morgan fingerprint density at radius 2 is 1.94 bits per heavy atom. The molecule has 0 aliphatic carbocycles. The molecular weight excluding hydrogens is 198 g/mol. The van der Waals surface area contributed by atoms with Crippen LogP contribution in [0, 0.1) is 0 Å². The minimum absolute atomic E-state index is 0.0190. The molecule has 1 aromatic carbocycles. The Bertz CT molecular complexity index is 379. The Hall–Kier alpha value is -1.41. The first-order valence-corrected chi connectivity index (χ1v) is 5.52. The van der Waals surface area contributed by atoms with Gasteiger partial charge in [0.25, 0.3) is 0 Å². The standard InChI is InChI=1S/C14H19NO/c1-4-11(2)10-13(16)14(3,15)12-8-6-5-7-9-12/h5-9H,2,4,10,15H2,1,3H3. The Morgan fingerprint density at radius 1 is 1.38 bits per heavy atom. The Kier molecular flexibility index (Phi) is 4.02. The van der Waals surface area contributed by atoms with E-state index in [2.05, 4.69) is 6.58 Å². The summed E-state index contributed by atoms with van der Waals surface area (Å²) in [6.45, 7) is 7.59. The van der Waals surface area contributed by atoms with Crippen molar-refractivity contribution < 1.29 is 4.79 Å². The van der Waals surface area contributed by atoms with Crippen molar-refractivity contribution in [2.24, 2.45) is 5.73 Å². The van der Waals surface area contributed by atoms with Gasteiger partial charge in [0.2, 0.25) is 0 Å². The molecule has 0 aromatic heterocycles. The number of hydrogen-bond donors (Lipinski definition) is 1. The lowest BCUT2D eigenvalue weighted by atomic mass is 9.85. The first-order chi connectivity index (χ1) is 7.48. The molecule has 1 aromatic rings. The first-order valence-electron chi connectivity index (χ1n) is 5.52. The number of benzene rings is 1. The van der Waals surface area contributed by atoms with Gasteiger partial charge in [-0.3, -0.25) is 4.79 Å². The van der Waals surface area contributed by atoms with Crippen LogP contribution < -0.4 is 5.73 Å². The third-order valence-electron chi connectivity index (χ3n) is 2.86. The van der Waals surface area contributed by atoms with E-state index in [1.165, 1.54) is 0 Å². The van der Waals surface area contributed by atoms with E-state index in [9.17, 15) is 4.79 Å². The fourth-order valence-electron chi connectivity index (χ4n) is 1.48. The summed E-state index contributed by atoms with van der Waals surface area (Å²) in [5, 5.41) is 0. The average Bonchev–Trinajstić information content (AvgIpc) is 2.29. The molecular formula is C14H19NO. The second kappa shape index (κ2) is 5.08. The van der Waals surface area contributed by atoms with Crippen molar-refractivity contribution in [2.45, 2.75) is 32.2 Å². The van der Waals surface area contributed by atoms with Crippen molar-refractivity contribution in [1.29, 1.82) is 0 Å². The van der Waals surface area contributed by atoms with Gasteiger partial charge in [-0.15, -0.1) is 0 Å². The van der Waals surface area contributed by atoms with E-state index < -0.39 is 5.54 Å². The molecule has 0 heterocycles. The van der Waals surface area contributed by atoms with Crippen molar-refractivity contribution in [3.8, 4) is 0 Å². The lowest BCUT2D eigenvalue weighted by molar-refractivity contribution is -0.123. The highest BCUT2D eigenvalue weighted by atomic mass is 16.1. The second-order valence-corrected chi connectivity index (χ2v) is 4.27. The molecule has 0 spiro atoms. The molecule has 2 heteroatoms. The molecule has 0 fully saturated rings. The summed E-state index contributed by atoms with van der Waals surface area (Å²) in [5.74, 6) is 0.0190. The molecule has 0 saturated heterocycles. The molecule has 0 radical (unpaired) electrons. The van der Waals surface area contributed by atoms with Gasteiger partial charge in [-0.2, -0.15) is 0 Å². The average molecular weight is 217 g/mol. The van der Waals surface area contributed by atoms with Crippen LogP contribution in [0.3, 0.4) is 0 Å². The zero-order valence-electron chi connectivity index (χ0n) is 9.99. The fourth-order valence-corrected chi connectivity index (χ4v) is 1.48. The predicted molar refractivity (Wildman–Crippen MR) is 67.0 cm³/mol. The molecule has 2 nitrogen and oxygen atoms in total. The van der Waals surface area contributed by atoms with Crippen molar-refractivity contribution in [3.63, 3.8) is 0 Å². The topological polar surface area (TPSA) is 43.1 Å². The minimum Gasteiger partial charge on any atom is -0.315 e. The van der Waals surface area contributed by atoms with E-state index in [1.54, 1.807) is 6.92 Å². The van der Waals surface area contributed by atoms with Gasteiger partial charge >= 0.3 is 0 Å². The van der Waals surface area contributed by atoms with Crippen molar-refractivity contribution in [1.82, 2.24) is 0 Å². The summed E-state index contributed by atoms with van der Waals surface area (Å²) in [6, 6.07) is 9.46. The van der Waals surface area contributed by atoms with Crippen LogP contribution >= 0.6 is 0 Å². The van der Waals surface area contributed by atoms with Crippen LogP contribution in [0.25, 0.3) is 0 Å². The zero-order chi connectivity index (χ0) is 12.2. The molecule has 1 atom stereocenters. The van der Waals surface area contributed by atoms with Crippen LogP contribution in [-0.2, 0) is 10.3 Å². The van der Waals surface area contributed by atoms with Crippen LogP contribution in [0.4, 0.5) is 0 Å². The van der Waals surface area contributed by atoms with Crippen molar-refractivity contribution in [2.75, 3.05) is 0 Å². The number of rotatable bonds is 5. The van der Waals surface area contributed by atoms with Gasteiger partial charge < -0.3 is 5.73 Å². The summed E-state index contributed by atoms with van der Waals surface area (Å²) in [6.07, 6.45) is 1.18. The minimum atomic E-state index is -0.917. The van der Waals surface area contributed by atoms with Gasteiger partial charge in [-0.1, -0.05) is 49.4 Å². The molecule has 0 bridgehead atoms. The van der Waals surface area contributed by atoms with Crippen LogP contribution in [0.5, 0.6) is 0 Å². The SMILES string of the molecule is C=C(CC)CC(=O)C(C)(N)c1ccccc1. The molecule has 0 aliphatic heterocycles. The summed E-state index contributed by atoms with van der Waals surface area (Å²) < 4.78 is 0. The summed E-state index contributed by atoms with van der Waals surface area (Å²) >= 11 is 0. The van der Waals surface area contributed by atoms with E-state index in [-0.39, 0.29) is 5.78 Å². The lowest BCUT2D eigenvalue weighted by Crippen LogP contribution is -2.41. The summed E-state index contributed by atoms with van der Waals surface area (Å²) in [5.41, 5.74) is 6.96. The monoisotopic (exact) mass is 217 g/mol. The van der Waals surface area contributed by atoms with Crippen LogP contribution in [-0.4, -0.2) is 5.78 Å². The third-order valence-corrected chi connectivity index (χ3v) is 2.86. The number of ketones is 1. The number of carbonyl (C=O) groups is 1. The largest absolute Gasteiger partial charge is 0.315 e. The number of hydrogen-bond acceptors (Lipinski definition) is 2. The van der Waals surface area contributed by atoms with Crippen molar-refractivity contribution in [3.05, 3.63) is 48.0 Å². The van der Waals surface area contributed by atoms with Crippen LogP contribution in [0.15, 0.2) is 42.5 Å². The third kappa shape index (κ3) is 2.80. The Morgan fingerprint density at radius 3 is 2.44 bits per heavy atom. The molecule has 86 valence electrons. The molecule has 16 heavy (non-hydrogen) atoms. The first kappa shape index (κ1) is 12.7. The number of nitrogens with two attached hydrogens (primary N) is 1. The van der Waals surface area contributed by atoms with Crippen LogP contribution in [0.2, 0.25) is 0 Å². The van der Waals surface area contributed by atoms with E-state index in [1.807, 2.05) is 37.3 Å². The normalized spacial score (nSPS) is 14.2. The quantitative estimate of drug-likeness (QED) is 0.771. The molecule has 0 saturated carbocycles. The van der Waals surface area contributed by atoms with Gasteiger partial charge in [0.1, 0.15) is 0 Å². The molecule has 1 unspecified atom stereocenters. The van der Waals surface area contributed by atoms with E-state index >= 15 is 0 Å². The Balaban J connectivity index is 2.86. The molecule has 2 N–H and O–H groups in total. The van der Waals surface area contributed by atoms with E-state index in [0.717, 1.165) is 17.6 Å². The second-order valence-electron chi connectivity index (χ2n) is 4.27. The molecule has 0 aliphatic rings. The van der Waals surface area contributed by atoms with E-state index in [4.69, 9.17) is 5.73 Å². The van der Waals surface area contributed by atoms with Crippen molar-refractivity contribution >= 4 is 5.78 Å². The van der Waals surface area contributed by atoms with Crippen LogP contribution in [0.1, 0.15) is 32.3 Å². The van der Waals surface area contributed by atoms with E-state index in [0.29, 0.717) is 6.42 Å². The van der Waals surface area contributed by atoms with Gasteiger partial charge in [0.05, 0.1) is 5.54 Å². The maximum atomic E-state index is 12.0. The Labute approximate surface area is 97.2 Å². The zero-order valence-corrected chi connectivity index (χ0v) is 9.99. The summed E-state index contributed by atoms with van der Waals surface area (Å²) in [7, 11) is 0. The number of carbonyl (C=O) groups excluding carboxylic acids is 1. The van der Waals surface area contributed by atoms with Gasteiger partial charge in [-0.05, 0) is 18.9 Å². The fraction of sp³-hybridized carbons (Fsp3) is 0.357.